The first-order valence-corrected chi connectivity index (χ1v) is 12.0. The van der Waals surface area contributed by atoms with Gasteiger partial charge < -0.3 is 19.9 Å². The zero-order chi connectivity index (χ0) is 24.9. The minimum absolute atomic E-state index is 0.0324. The summed E-state index contributed by atoms with van der Waals surface area (Å²) in [5, 5.41) is 4.81. The Morgan fingerprint density at radius 3 is 2.46 bits per heavy atom. The van der Waals surface area contributed by atoms with E-state index >= 15 is 0 Å². The van der Waals surface area contributed by atoms with Crippen LogP contribution in [0.15, 0.2) is 60.7 Å². The number of rotatable bonds is 10. The Morgan fingerprint density at radius 1 is 1.06 bits per heavy atom. The summed E-state index contributed by atoms with van der Waals surface area (Å²) < 4.78 is 5.22. The molecular formula is C28H31N3O4. The largest absolute Gasteiger partial charge is 0.497 e. The van der Waals surface area contributed by atoms with Crippen LogP contribution in [0, 0.1) is 0 Å². The first kappa shape index (κ1) is 24.3. The summed E-state index contributed by atoms with van der Waals surface area (Å²) in [6.07, 6.45) is 0.728. The van der Waals surface area contributed by atoms with Gasteiger partial charge in [-0.05, 0) is 55.5 Å². The topological polar surface area (TPSA) is 79.0 Å². The van der Waals surface area contributed by atoms with Gasteiger partial charge in [-0.3, -0.25) is 14.4 Å². The molecule has 0 aromatic heterocycles. The Balaban J connectivity index is 1.45. The van der Waals surface area contributed by atoms with Gasteiger partial charge in [-0.15, -0.1) is 0 Å². The van der Waals surface area contributed by atoms with Crippen molar-refractivity contribution in [1.82, 2.24) is 10.2 Å². The molecule has 3 amide bonds. The number of likely N-dealkylation sites (N-methyl/N-ethyl adjacent to an activating group) is 1. The highest BCUT2D eigenvalue weighted by molar-refractivity contribution is 6.25. The summed E-state index contributed by atoms with van der Waals surface area (Å²) in [5.41, 5.74) is 2.50. The number of benzene rings is 3. The van der Waals surface area contributed by atoms with E-state index in [1.807, 2.05) is 67.6 Å². The maximum absolute atomic E-state index is 13.3. The monoisotopic (exact) mass is 473 g/mol. The molecule has 1 aliphatic rings. The molecule has 0 radical (unpaired) electrons. The summed E-state index contributed by atoms with van der Waals surface area (Å²) in [6.45, 7) is 4.84. The first-order valence-electron chi connectivity index (χ1n) is 12.0. The van der Waals surface area contributed by atoms with Crippen molar-refractivity contribution in [1.29, 1.82) is 0 Å². The highest BCUT2D eigenvalue weighted by Crippen LogP contribution is 2.37. The van der Waals surface area contributed by atoms with E-state index in [1.165, 1.54) is 0 Å². The van der Waals surface area contributed by atoms with Crippen LogP contribution in [0.4, 0.5) is 5.69 Å². The number of anilines is 1. The molecule has 0 saturated carbocycles. The third-order valence-corrected chi connectivity index (χ3v) is 6.45. The van der Waals surface area contributed by atoms with Crippen molar-refractivity contribution in [3.05, 3.63) is 71.8 Å². The Hall–Kier alpha value is -3.87. The zero-order valence-electron chi connectivity index (χ0n) is 20.4. The van der Waals surface area contributed by atoms with Crippen molar-refractivity contribution >= 4 is 34.2 Å². The lowest BCUT2D eigenvalue weighted by Crippen LogP contribution is -2.47. The third kappa shape index (κ3) is 4.99. The van der Waals surface area contributed by atoms with Crippen molar-refractivity contribution in [3.8, 4) is 5.75 Å². The molecule has 1 N–H and O–H groups in total. The van der Waals surface area contributed by atoms with Crippen LogP contribution in [0.5, 0.6) is 5.75 Å². The summed E-state index contributed by atoms with van der Waals surface area (Å²) >= 11 is 0. The molecule has 0 fully saturated rings. The van der Waals surface area contributed by atoms with Crippen molar-refractivity contribution in [2.45, 2.75) is 39.3 Å². The predicted octanol–water partition coefficient (Wildman–Crippen LogP) is 4.14. The lowest BCUT2D eigenvalue weighted by molar-refractivity contribution is -0.140. The maximum Gasteiger partial charge on any atom is 0.258 e. The lowest BCUT2D eigenvalue weighted by Gasteiger charge is -2.29. The summed E-state index contributed by atoms with van der Waals surface area (Å²) in [5.74, 6) is 0.387. The molecule has 182 valence electrons. The smallest absolute Gasteiger partial charge is 0.258 e. The predicted molar refractivity (Wildman–Crippen MR) is 137 cm³/mol. The molecule has 0 bridgehead atoms. The Morgan fingerprint density at radius 2 is 1.77 bits per heavy atom. The zero-order valence-corrected chi connectivity index (χ0v) is 20.4. The van der Waals surface area contributed by atoms with Gasteiger partial charge in [0.05, 0.1) is 12.8 Å². The fourth-order valence-electron chi connectivity index (χ4n) is 4.57. The van der Waals surface area contributed by atoms with E-state index in [4.69, 9.17) is 4.74 Å². The van der Waals surface area contributed by atoms with E-state index in [0.29, 0.717) is 31.6 Å². The number of nitrogens with one attached hydrogen (secondary N) is 1. The normalized spacial score (nSPS) is 13.1. The van der Waals surface area contributed by atoms with Gasteiger partial charge in [-0.1, -0.05) is 36.4 Å². The van der Waals surface area contributed by atoms with Gasteiger partial charge in [0, 0.05) is 37.0 Å². The number of methoxy groups -OCH3 is 1. The van der Waals surface area contributed by atoms with Crippen LogP contribution in [0.3, 0.4) is 0 Å². The average molecular weight is 474 g/mol. The van der Waals surface area contributed by atoms with Crippen molar-refractivity contribution in [2.75, 3.05) is 25.1 Å². The Kier molecular flexibility index (Phi) is 7.34. The van der Waals surface area contributed by atoms with Crippen molar-refractivity contribution in [2.24, 2.45) is 0 Å². The number of ether oxygens (including phenoxy) is 1. The Bertz CT molecular complexity index is 1230. The summed E-state index contributed by atoms with van der Waals surface area (Å²) in [7, 11) is 1.60. The van der Waals surface area contributed by atoms with Crippen LogP contribution in [-0.2, 0) is 16.1 Å². The number of carbonyl (C=O) groups is 3. The van der Waals surface area contributed by atoms with Gasteiger partial charge in [-0.2, -0.15) is 0 Å². The molecule has 0 saturated heterocycles. The van der Waals surface area contributed by atoms with E-state index in [-0.39, 0.29) is 24.1 Å². The van der Waals surface area contributed by atoms with Crippen LogP contribution in [-0.4, -0.2) is 48.9 Å². The summed E-state index contributed by atoms with van der Waals surface area (Å²) in [6, 6.07) is 18.5. The van der Waals surface area contributed by atoms with Crippen LogP contribution in [0.25, 0.3) is 10.8 Å². The molecule has 0 spiro atoms. The fourth-order valence-corrected chi connectivity index (χ4v) is 4.57. The molecule has 7 nitrogen and oxygen atoms in total. The molecule has 1 atom stereocenters. The standard InChI is InChI=1S/C28H31N3O4/c1-4-29-27(33)19(2)31(18-20-13-15-22(35-3)16-14-20)25(32)12-7-17-30-24-11-6-9-21-8-5-10-23(26(21)24)28(30)34/h5-6,8-11,13-16,19H,4,7,12,17-18H2,1-3H3,(H,29,33)/t19-/m1/s1. The molecule has 1 heterocycles. The van der Waals surface area contributed by atoms with Crippen molar-refractivity contribution in [3.63, 3.8) is 0 Å². The molecule has 7 heteroatoms. The van der Waals surface area contributed by atoms with E-state index in [0.717, 1.165) is 27.8 Å². The second-order valence-corrected chi connectivity index (χ2v) is 8.68. The van der Waals surface area contributed by atoms with Gasteiger partial charge in [0.25, 0.3) is 5.91 Å². The molecule has 3 aromatic carbocycles. The highest BCUT2D eigenvalue weighted by Gasteiger charge is 2.30. The number of hydrogen-bond donors (Lipinski definition) is 1. The minimum atomic E-state index is -0.615. The second-order valence-electron chi connectivity index (χ2n) is 8.68. The van der Waals surface area contributed by atoms with Crippen LogP contribution < -0.4 is 15.0 Å². The quantitative estimate of drug-likeness (QED) is 0.480. The first-order chi connectivity index (χ1) is 16.9. The van der Waals surface area contributed by atoms with Gasteiger partial charge in [0.2, 0.25) is 11.8 Å². The van der Waals surface area contributed by atoms with Crippen molar-refractivity contribution < 1.29 is 19.1 Å². The number of hydrogen-bond acceptors (Lipinski definition) is 4. The molecule has 4 rings (SSSR count). The maximum atomic E-state index is 13.3. The summed E-state index contributed by atoms with van der Waals surface area (Å²) in [4.78, 5) is 42.2. The SMILES string of the molecule is CCNC(=O)[C@@H](C)N(Cc1ccc(OC)cc1)C(=O)CCCN1C(=O)c2cccc3cccc1c23. The second kappa shape index (κ2) is 10.6. The average Bonchev–Trinajstić information content (AvgIpc) is 3.15. The van der Waals surface area contributed by atoms with E-state index in [2.05, 4.69) is 5.32 Å². The molecule has 35 heavy (non-hydrogen) atoms. The molecular weight excluding hydrogens is 442 g/mol. The lowest BCUT2D eigenvalue weighted by atomic mass is 10.1. The number of nitrogens with zero attached hydrogens (tertiary/aromatic N) is 2. The van der Waals surface area contributed by atoms with Crippen LogP contribution in [0.1, 0.15) is 42.6 Å². The third-order valence-electron chi connectivity index (χ3n) is 6.45. The molecule has 0 unspecified atom stereocenters. The highest BCUT2D eigenvalue weighted by atomic mass is 16.5. The Labute approximate surface area is 205 Å². The minimum Gasteiger partial charge on any atom is -0.497 e. The van der Waals surface area contributed by atoms with Gasteiger partial charge in [0.1, 0.15) is 11.8 Å². The van der Waals surface area contributed by atoms with E-state index in [9.17, 15) is 14.4 Å². The number of amides is 3. The van der Waals surface area contributed by atoms with E-state index in [1.54, 1.807) is 23.8 Å². The van der Waals surface area contributed by atoms with E-state index < -0.39 is 6.04 Å². The van der Waals surface area contributed by atoms with Gasteiger partial charge >= 0.3 is 0 Å². The van der Waals surface area contributed by atoms with Crippen LogP contribution >= 0.6 is 0 Å². The molecule has 3 aromatic rings. The molecule has 0 aliphatic carbocycles. The number of carbonyl (C=O) groups excluding carboxylic acids is 3. The van der Waals surface area contributed by atoms with Crippen LogP contribution in [0.2, 0.25) is 0 Å². The fraction of sp³-hybridized carbons (Fsp3) is 0.321. The molecule has 1 aliphatic heterocycles. The van der Waals surface area contributed by atoms with Gasteiger partial charge in [-0.25, -0.2) is 0 Å². The van der Waals surface area contributed by atoms with Gasteiger partial charge in [0.15, 0.2) is 0 Å².